The first-order chi connectivity index (χ1) is 9.25. The van der Waals surface area contributed by atoms with Gasteiger partial charge in [0.15, 0.2) is 0 Å². The Kier molecular flexibility index (Phi) is 3.91. The van der Waals surface area contributed by atoms with E-state index in [1.165, 1.54) is 10.4 Å². The fourth-order valence-corrected chi connectivity index (χ4v) is 4.40. The maximum Gasteiger partial charge on any atom is 0.137 e. The molecule has 0 amide bonds. The standard InChI is InChI=1S/C15H16FNS2/c1-10-5-7-18-14(10)9-17-13-6-8-19-15-11(13)3-2-4-12(15)16/h2-5,7,13,17H,6,8-9H2,1H3. The average Bonchev–Trinajstić information content (AvgIpc) is 2.82. The summed E-state index contributed by atoms with van der Waals surface area (Å²) in [6, 6.07) is 7.83. The Morgan fingerprint density at radius 1 is 1.37 bits per heavy atom. The van der Waals surface area contributed by atoms with E-state index in [1.807, 2.05) is 12.1 Å². The predicted octanol–water partition coefficient (Wildman–Crippen LogP) is 4.52. The molecule has 0 bridgehead atoms. The van der Waals surface area contributed by atoms with Crippen LogP contribution in [0.25, 0.3) is 0 Å². The fraction of sp³-hybridized carbons (Fsp3) is 0.333. The van der Waals surface area contributed by atoms with Gasteiger partial charge < -0.3 is 5.32 Å². The number of aryl methyl sites for hydroxylation is 1. The summed E-state index contributed by atoms with van der Waals surface area (Å²) in [4.78, 5) is 2.20. The molecule has 1 aromatic carbocycles. The van der Waals surface area contributed by atoms with Crippen molar-refractivity contribution in [2.24, 2.45) is 0 Å². The van der Waals surface area contributed by atoms with E-state index in [0.29, 0.717) is 0 Å². The van der Waals surface area contributed by atoms with Crippen molar-refractivity contribution in [2.45, 2.75) is 30.8 Å². The summed E-state index contributed by atoms with van der Waals surface area (Å²) in [6.07, 6.45) is 1.06. The summed E-state index contributed by atoms with van der Waals surface area (Å²) >= 11 is 3.41. The molecule has 100 valence electrons. The molecule has 0 fully saturated rings. The lowest BCUT2D eigenvalue weighted by molar-refractivity contribution is 0.498. The summed E-state index contributed by atoms with van der Waals surface area (Å²) in [7, 11) is 0. The van der Waals surface area contributed by atoms with E-state index < -0.39 is 0 Å². The third-order valence-electron chi connectivity index (χ3n) is 3.50. The molecule has 2 aromatic rings. The van der Waals surface area contributed by atoms with Gasteiger partial charge in [-0.3, -0.25) is 0 Å². The number of thiophene rings is 1. The molecule has 1 unspecified atom stereocenters. The van der Waals surface area contributed by atoms with Crippen LogP contribution < -0.4 is 5.32 Å². The number of hydrogen-bond acceptors (Lipinski definition) is 3. The van der Waals surface area contributed by atoms with E-state index >= 15 is 0 Å². The molecule has 1 aliphatic heterocycles. The van der Waals surface area contributed by atoms with Crippen LogP contribution in [0.1, 0.15) is 28.5 Å². The minimum absolute atomic E-state index is 0.0821. The van der Waals surface area contributed by atoms with Gasteiger partial charge in [-0.1, -0.05) is 12.1 Å². The molecule has 1 aromatic heterocycles. The number of halogens is 1. The summed E-state index contributed by atoms with van der Waals surface area (Å²) in [5, 5.41) is 5.70. The molecule has 0 aliphatic carbocycles. The van der Waals surface area contributed by atoms with Gasteiger partial charge in [0.05, 0.1) is 0 Å². The molecular formula is C15H16FNS2. The molecular weight excluding hydrogens is 277 g/mol. The second-order valence-corrected chi connectivity index (χ2v) is 6.86. The molecule has 0 radical (unpaired) electrons. The summed E-state index contributed by atoms with van der Waals surface area (Å²) in [6.45, 7) is 3.01. The minimum atomic E-state index is -0.0821. The van der Waals surface area contributed by atoms with Gasteiger partial charge in [-0.25, -0.2) is 4.39 Å². The minimum Gasteiger partial charge on any atom is -0.305 e. The highest BCUT2D eigenvalue weighted by Gasteiger charge is 2.22. The Morgan fingerprint density at radius 3 is 3.05 bits per heavy atom. The molecule has 1 nitrogen and oxygen atoms in total. The van der Waals surface area contributed by atoms with Crippen LogP contribution in [0.5, 0.6) is 0 Å². The van der Waals surface area contributed by atoms with Gasteiger partial charge >= 0.3 is 0 Å². The van der Waals surface area contributed by atoms with Crippen LogP contribution in [0.3, 0.4) is 0 Å². The second kappa shape index (κ2) is 5.65. The first-order valence-corrected chi connectivity index (χ1v) is 8.30. The lowest BCUT2D eigenvalue weighted by Crippen LogP contribution is -2.24. The van der Waals surface area contributed by atoms with Crippen molar-refractivity contribution in [3.8, 4) is 0 Å². The zero-order valence-corrected chi connectivity index (χ0v) is 12.4. The Bertz CT molecular complexity index is 579. The van der Waals surface area contributed by atoms with Gasteiger partial charge in [0, 0.05) is 22.4 Å². The van der Waals surface area contributed by atoms with Crippen LogP contribution in [-0.4, -0.2) is 5.75 Å². The van der Waals surface area contributed by atoms with Gasteiger partial charge in [0.25, 0.3) is 0 Å². The van der Waals surface area contributed by atoms with Crippen molar-refractivity contribution in [1.29, 1.82) is 0 Å². The van der Waals surface area contributed by atoms with Crippen LogP contribution in [0.2, 0.25) is 0 Å². The highest BCUT2D eigenvalue weighted by atomic mass is 32.2. The van der Waals surface area contributed by atoms with Gasteiger partial charge in [-0.05, 0) is 47.7 Å². The Labute approximate surface area is 121 Å². The molecule has 19 heavy (non-hydrogen) atoms. The Morgan fingerprint density at radius 2 is 2.26 bits per heavy atom. The van der Waals surface area contributed by atoms with Crippen LogP contribution in [0.4, 0.5) is 4.39 Å². The smallest absolute Gasteiger partial charge is 0.137 e. The predicted molar refractivity (Wildman–Crippen MR) is 80.4 cm³/mol. The number of thioether (sulfide) groups is 1. The van der Waals surface area contributed by atoms with E-state index in [-0.39, 0.29) is 11.9 Å². The van der Waals surface area contributed by atoms with E-state index in [0.717, 1.165) is 29.2 Å². The highest BCUT2D eigenvalue weighted by molar-refractivity contribution is 7.99. The van der Waals surface area contributed by atoms with Crippen molar-refractivity contribution in [1.82, 2.24) is 5.32 Å². The normalized spacial score (nSPS) is 18.3. The lowest BCUT2D eigenvalue weighted by atomic mass is 10.0. The molecule has 1 atom stereocenters. The van der Waals surface area contributed by atoms with Gasteiger partial charge in [0.1, 0.15) is 5.82 Å². The van der Waals surface area contributed by atoms with Crippen LogP contribution in [0, 0.1) is 12.7 Å². The van der Waals surface area contributed by atoms with Crippen LogP contribution >= 0.6 is 23.1 Å². The van der Waals surface area contributed by atoms with E-state index in [1.54, 1.807) is 29.2 Å². The first kappa shape index (κ1) is 13.2. The topological polar surface area (TPSA) is 12.0 Å². The largest absolute Gasteiger partial charge is 0.305 e. The number of nitrogens with one attached hydrogen (secondary N) is 1. The van der Waals surface area contributed by atoms with Crippen molar-refractivity contribution in [2.75, 3.05) is 5.75 Å². The van der Waals surface area contributed by atoms with Crippen LogP contribution in [-0.2, 0) is 6.54 Å². The number of fused-ring (bicyclic) bond motifs is 1. The van der Waals surface area contributed by atoms with Crippen LogP contribution in [0.15, 0.2) is 34.5 Å². The number of benzene rings is 1. The molecule has 4 heteroatoms. The average molecular weight is 293 g/mol. The fourth-order valence-electron chi connectivity index (χ4n) is 2.40. The van der Waals surface area contributed by atoms with Gasteiger partial charge in [-0.15, -0.1) is 23.1 Å². The lowest BCUT2D eigenvalue weighted by Gasteiger charge is -2.26. The molecule has 1 aliphatic rings. The quantitative estimate of drug-likeness (QED) is 0.893. The maximum atomic E-state index is 13.8. The molecule has 2 heterocycles. The number of hydrogen-bond donors (Lipinski definition) is 1. The van der Waals surface area contributed by atoms with Crippen molar-refractivity contribution < 1.29 is 4.39 Å². The summed E-state index contributed by atoms with van der Waals surface area (Å²) in [5.74, 6) is 0.899. The monoisotopic (exact) mass is 293 g/mol. The molecule has 0 saturated heterocycles. The second-order valence-electron chi connectivity index (χ2n) is 4.76. The third-order valence-corrected chi connectivity index (χ3v) is 5.69. The van der Waals surface area contributed by atoms with E-state index in [9.17, 15) is 4.39 Å². The third kappa shape index (κ3) is 2.71. The number of rotatable bonds is 3. The van der Waals surface area contributed by atoms with Crippen molar-refractivity contribution in [3.05, 3.63) is 51.5 Å². The highest BCUT2D eigenvalue weighted by Crippen LogP contribution is 2.37. The van der Waals surface area contributed by atoms with Gasteiger partial charge in [-0.2, -0.15) is 0 Å². The zero-order chi connectivity index (χ0) is 13.2. The molecule has 0 spiro atoms. The van der Waals surface area contributed by atoms with Gasteiger partial charge in [0.2, 0.25) is 0 Å². The first-order valence-electron chi connectivity index (χ1n) is 6.43. The summed E-state index contributed by atoms with van der Waals surface area (Å²) in [5.41, 5.74) is 2.45. The maximum absolute atomic E-state index is 13.8. The van der Waals surface area contributed by atoms with E-state index in [4.69, 9.17) is 0 Å². The summed E-state index contributed by atoms with van der Waals surface area (Å²) < 4.78 is 13.8. The Balaban J connectivity index is 1.77. The van der Waals surface area contributed by atoms with Crippen molar-refractivity contribution in [3.63, 3.8) is 0 Å². The molecule has 3 rings (SSSR count). The van der Waals surface area contributed by atoms with E-state index in [2.05, 4.69) is 23.7 Å². The SMILES string of the molecule is Cc1ccsc1CNC1CCSc2c(F)cccc21. The zero-order valence-electron chi connectivity index (χ0n) is 10.8. The molecule has 1 N–H and O–H groups in total. The van der Waals surface area contributed by atoms with Crippen molar-refractivity contribution >= 4 is 23.1 Å². The molecule has 0 saturated carbocycles. The Hall–Kier alpha value is -0.840.